The molecule has 3 N–H and O–H groups in total. The molecule has 0 saturated heterocycles. The van der Waals surface area contributed by atoms with Gasteiger partial charge in [-0.3, -0.25) is 9.59 Å². The van der Waals surface area contributed by atoms with Crippen molar-refractivity contribution < 1.29 is 9.59 Å². The SMILES string of the molecule is CC(=O)Nc1ccc(C=O)cc1.NC1CCCCC1. The molecular formula is C15H22N2O2. The molecule has 1 aromatic carbocycles. The fourth-order valence-corrected chi connectivity index (χ4v) is 1.98. The van der Waals surface area contributed by atoms with Crippen LogP contribution in [0, 0.1) is 0 Å². The van der Waals surface area contributed by atoms with Gasteiger partial charge < -0.3 is 11.1 Å². The second-order valence-corrected chi connectivity index (χ2v) is 4.82. The fraction of sp³-hybridized carbons (Fsp3) is 0.467. The van der Waals surface area contributed by atoms with Crippen molar-refractivity contribution >= 4 is 17.9 Å². The number of benzene rings is 1. The number of rotatable bonds is 2. The van der Waals surface area contributed by atoms with Crippen molar-refractivity contribution in [3.63, 3.8) is 0 Å². The normalized spacial score (nSPS) is 15.1. The summed E-state index contributed by atoms with van der Waals surface area (Å²) in [7, 11) is 0. The first-order chi connectivity index (χ1) is 9.11. The minimum Gasteiger partial charge on any atom is -0.328 e. The summed E-state index contributed by atoms with van der Waals surface area (Å²) in [6.07, 6.45) is 7.42. The van der Waals surface area contributed by atoms with Gasteiger partial charge in [0.2, 0.25) is 5.91 Å². The molecule has 0 unspecified atom stereocenters. The van der Waals surface area contributed by atoms with Crippen LogP contribution in [-0.2, 0) is 4.79 Å². The number of hydrogen-bond acceptors (Lipinski definition) is 3. The molecule has 0 radical (unpaired) electrons. The predicted molar refractivity (Wildman–Crippen MR) is 77.2 cm³/mol. The third-order valence-corrected chi connectivity index (χ3v) is 3.02. The smallest absolute Gasteiger partial charge is 0.221 e. The molecule has 4 heteroatoms. The number of nitrogens with one attached hydrogen (secondary N) is 1. The van der Waals surface area contributed by atoms with E-state index >= 15 is 0 Å². The number of carbonyl (C=O) groups excluding carboxylic acids is 2. The van der Waals surface area contributed by atoms with Gasteiger partial charge in [0, 0.05) is 24.2 Å². The lowest BCUT2D eigenvalue weighted by atomic mass is 9.97. The van der Waals surface area contributed by atoms with Crippen molar-refractivity contribution in [2.24, 2.45) is 5.73 Å². The quantitative estimate of drug-likeness (QED) is 0.805. The molecule has 104 valence electrons. The molecule has 0 atom stereocenters. The van der Waals surface area contributed by atoms with Crippen LogP contribution in [0.1, 0.15) is 49.4 Å². The van der Waals surface area contributed by atoms with Gasteiger partial charge in [-0.2, -0.15) is 0 Å². The highest BCUT2D eigenvalue weighted by atomic mass is 16.1. The van der Waals surface area contributed by atoms with Gasteiger partial charge in [-0.05, 0) is 37.1 Å². The highest BCUT2D eigenvalue weighted by Crippen LogP contribution is 2.14. The maximum Gasteiger partial charge on any atom is 0.221 e. The van der Waals surface area contributed by atoms with Crippen molar-refractivity contribution in [1.82, 2.24) is 0 Å². The summed E-state index contributed by atoms with van der Waals surface area (Å²) >= 11 is 0. The Morgan fingerprint density at radius 2 is 1.79 bits per heavy atom. The van der Waals surface area contributed by atoms with Crippen molar-refractivity contribution in [2.45, 2.75) is 45.1 Å². The molecule has 19 heavy (non-hydrogen) atoms. The van der Waals surface area contributed by atoms with Crippen LogP contribution in [0.3, 0.4) is 0 Å². The van der Waals surface area contributed by atoms with Crippen LogP contribution in [0.15, 0.2) is 24.3 Å². The molecule has 1 aliphatic carbocycles. The number of carbonyl (C=O) groups is 2. The van der Waals surface area contributed by atoms with Crippen LogP contribution in [0.25, 0.3) is 0 Å². The highest BCUT2D eigenvalue weighted by molar-refractivity contribution is 5.89. The summed E-state index contributed by atoms with van der Waals surface area (Å²) < 4.78 is 0. The first kappa shape index (κ1) is 15.4. The summed E-state index contributed by atoms with van der Waals surface area (Å²) in [5.41, 5.74) is 6.94. The number of nitrogens with two attached hydrogens (primary N) is 1. The van der Waals surface area contributed by atoms with Gasteiger partial charge in [-0.1, -0.05) is 19.3 Å². The Labute approximate surface area is 114 Å². The average molecular weight is 262 g/mol. The summed E-state index contributed by atoms with van der Waals surface area (Å²) in [5, 5.41) is 2.60. The zero-order chi connectivity index (χ0) is 14.1. The number of anilines is 1. The number of amides is 1. The van der Waals surface area contributed by atoms with E-state index in [0.29, 0.717) is 17.3 Å². The van der Waals surface area contributed by atoms with Crippen LogP contribution in [0.2, 0.25) is 0 Å². The highest BCUT2D eigenvalue weighted by Gasteiger charge is 2.06. The van der Waals surface area contributed by atoms with Crippen LogP contribution < -0.4 is 11.1 Å². The molecular weight excluding hydrogens is 240 g/mol. The zero-order valence-electron chi connectivity index (χ0n) is 11.4. The van der Waals surface area contributed by atoms with Gasteiger partial charge in [0.1, 0.15) is 6.29 Å². The van der Waals surface area contributed by atoms with E-state index in [1.807, 2.05) is 0 Å². The summed E-state index contributed by atoms with van der Waals surface area (Å²) in [5.74, 6) is -0.117. The van der Waals surface area contributed by atoms with Gasteiger partial charge in [-0.15, -0.1) is 0 Å². The van der Waals surface area contributed by atoms with E-state index in [0.717, 1.165) is 6.29 Å². The first-order valence-electron chi connectivity index (χ1n) is 6.70. The van der Waals surface area contributed by atoms with Crippen molar-refractivity contribution in [1.29, 1.82) is 0 Å². The van der Waals surface area contributed by atoms with Crippen molar-refractivity contribution in [2.75, 3.05) is 5.32 Å². The minimum atomic E-state index is -0.117. The Balaban J connectivity index is 0.000000218. The molecule has 1 fully saturated rings. The summed E-state index contributed by atoms with van der Waals surface area (Å²) in [4.78, 5) is 20.8. The molecule has 0 aliphatic heterocycles. The molecule has 1 aromatic rings. The van der Waals surface area contributed by atoms with Crippen molar-refractivity contribution in [3.05, 3.63) is 29.8 Å². The monoisotopic (exact) mass is 262 g/mol. The molecule has 0 aromatic heterocycles. The van der Waals surface area contributed by atoms with E-state index in [2.05, 4.69) is 5.32 Å². The zero-order valence-corrected chi connectivity index (χ0v) is 11.4. The third-order valence-electron chi connectivity index (χ3n) is 3.02. The third kappa shape index (κ3) is 6.72. The largest absolute Gasteiger partial charge is 0.328 e. The lowest BCUT2D eigenvalue weighted by Crippen LogP contribution is -2.22. The van der Waals surface area contributed by atoms with Gasteiger partial charge >= 0.3 is 0 Å². The topological polar surface area (TPSA) is 72.2 Å². The van der Waals surface area contributed by atoms with Gasteiger partial charge in [0.15, 0.2) is 0 Å². The van der Waals surface area contributed by atoms with E-state index in [-0.39, 0.29) is 5.91 Å². The van der Waals surface area contributed by atoms with Crippen LogP contribution in [-0.4, -0.2) is 18.2 Å². The fourth-order valence-electron chi connectivity index (χ4n) is 1.98. The van der Waals surface area contributed by atoms with E-state index in [4.69, 9.17) is 5.73 Å². The number of aldehydes is 1. The Morgan fingerprint density at radius 3 is 2.16 bits per heavy atom. The maximum atomic E-state index is 10.6. The van der Waals surface area contributed by atoms with Gasteiger partial charge in [0.05, 0.1) is 0 Å². The Bertz CT molecular complexity index is 395. The van der Waals surface area contributed by atoms with Crippen LogP contribution in [0.4, 0.5) is 5.69 Å². The molecule has 4 nitrogen and oxygen atoms in total. The lowest BCUT2D eigenvalue weighted by Gasteiger charge is -2.15. The predicted octanol–water partition coefficient (Wildman–Crippen LogP) is 2.74. The number of hydrogen-bond donors (Lipinski definition) is 2. The van der Waals surface area contributed by atoms with E-state index in [1.54, 1.807) is 24.3 Å². The molecule has 2 rings (SSSR count). The second kappa shape index (κ2) is 8.43. The molecule has 1 saturated carbocycles. The first-order valence-corrected chi connectivity index (χ1v) is 6.70. The maximum absolute atomic E-state index is 10.6. The van der Waals surface area contributed by atoms with E-state index < -0.39 is 0 Å². The second-order valence-electron chi connectivity index (χ2n) is 4.82. The lowest BCUT2D eigenvalue weighted by molar-refractivity contribution is -0.114. The molecule has 0 heterocycles. The van der Waals surface area contributed by atoms with E-state index in [9.17, 15) is 9.59 Å². The van der Waals surface area contributed by atoms with Gasteiger partial charge in [-0.25, -0.2) is 0 Å². The summed E-state index contributed by atoms with van der Waals surface area (Å²) in [6.45, 7) is 1.44. The standard InChI is InChI=1S/C9H9NO2.C6H13N/c1-7(12)10-9-4-2-8(6-11)3-5-9;7-6-4-2-1-3-5-6/h2-6H,1H3,(H,10,12);6H,1-5,7H2. The minimum absolute atomic E-state index is 0.117. The Kier molecular flexibility index (Phi) is 6.82. The van der Waals surface area contributed by atoms with Gasteiger partial charge in [0.25, 0.3) is 0 Å². The molecule has 0 spiro atoms. The van der Waals surface area contributed by atoms with E-state index in [1.165, 1.54) is 39.0 Å². The summed E-state index contributed by atoms with van der Waals surface area (Å²) in [6, 6.07) is 7.21. The molecule has 1 aliphatic rings. The van der Waals surface area contributed by atoms with Crippen molar-refractivity contribution in [3.8, 4) is 0 Å². The average Bonchev–Trinajstić information content (AvgIpc) is 2.40. The van der Waals surface area contributed by atoms with Crippen LogP contribution >= 0.6 is 0 Å². The molecule has 0 bridgehead atoms. The van der Waals surface area contributed by atoms with Crippen LogP contribution in [0.5, 0.6) is 0 Å². The Hall–Kier alpha value is -1.68. The molecule has 1 amide bonds. The Morgan fingerprint density at radius 1 is 1.21 bits per heavy atom.